The largest absolute Gasteiger partial charge is 0.491 e. The molecule has 0 spiro atoms. The number of benzene rings is 2. The van der Waals surface area contributed by atoms with Crippen molar-refractivity contribution in [3.05, 3.63) is 83.4 Å². The predicted molar refractivity (Wildman–Crippen MR) is 164 cm³/mol. The van der Waals surface area contributed by atoms with Gasteiger partial charge in [-0.05, 0) is 62.4 Å². The number of anilines is 1. The molecule has 2 aromatic carbocycles. The second-order valence-corrected chi connectivity index (χ2v) is 12.8. The number of rotatable bonds is 7. The van der Waals surface area contributed by atoms with Crippen LogP contribution in [-0.2, 0) is 16.6 Å². The van der Waals surface area contributed by atoms with Crippen LogP contribution in [0, 0.1) is 19.8 Å². The molecule has 0 radical (unpaired) electrons. The number of ether oxygens (including phenoxy) is 2. The van der Waals surface area contributed by atoms with E-state index in [1.807, 2.05) is 39.0 Å². The van der Waals surface area contributed by atoms with Gasteiger partial charge in [0.1, 0.15) is 12.4 Å². The third kappa shape index (κ3) is 6.49. The van der Waals surface area contributed by atoms with Crippen molar-refractivity contribution in [3.8, 4) is 22.9 Å². The Hall–Kier alpha value is -4.58. The number of sulfonamides is 1. The number of fused-ring (bicyclic) bond motifs is 4. The van der Waals surface area contributed by atoms with Crippen LogP contribution in [-0.4, -0.2) is 58.4 Å². The van der Waals surface area contributed by atoms with Crippen LogP contribution in [0.25, 0.3) is 11.3 Å². The number of hydrogen-bond donors (Lipinski definition) is 1. The van der Waals surface area contributed by atoms with Crippen molar-refractivity contribution in [1.82, 2.24) is 24.8 Å². The molecule has 3 heterocycles. The smallest absolute Gasteiger partial charge is 0.264 e. The molecule has 1 saturated carbocycles. The van der Waals surface area contributed by atoms with Gasteiger partial charge in [0, 0.05) is 17.2 Å². The molecule has 0 unspecified atom stereocenters. The summed E-state index contributed by atoms with van der Waals surface area (Å²) >= 11 is 0. The topological polar surface area (TPSA) is 136 Å². The van der Waals surface area contributed by atoms with Crippen LogP contribution in [0.3, 0.4) is 0 Å². The highest BCUT2D eigenvalue weighted by atomic mass is 32.2. The fraction of sp³-hybridized carbons (Fsp3) is 0.344. The molecular formula is C32H34N6O5S. The van der Waals surface area contributed by atoms with E-state index in [-0.39, 0.29) is 47.4 Å². The first-order valence-corrected chi connectivity index (χ1v) is 16.1. The zero-order valence-corrected chi connectivity index (χ0v) is 25.7. The van der Waals surface area contributed by atoms with Crippen LogP contribution >= 0.6 is 0 Å². The Morgan fingerprint density at radius 1 is 1.02 bits per heavy atom. The van der Waals surface area contributed by atoms with Gasteiger partial charge in [-0.1, -0.05) is 37.1 Å². The Bertz CT molecular complexity index is 1770. The second-order valence-electron chi connectivity index (χ2n) is 11.2. The quantitative estimate of drug-likeness (QED) is 0.306. The number of nitrogens with zero attached hydrogens (tertiary/aromatic N) is 5. The summed E-state index contributed by atoms with van der Waals surface area (Å²) in [5, 5.41) is 0. The molecule has 12 heteroatoms. The van der Waals surface area contributed by atoms with Gasteiger partial charge in [-0.2, -0.15) is 4.98 Å². The van der Waals surface area contributed by atoms with E-state index in [2.05, 4.69) is 24.7 Å². The molecular weight excluding hydrogens is 580 g/mol. The Labute approximate surface area is 256 Å². The molecule has 4 bridgehead atoms. The van der Waals surface area contributed by atoms with Gasteiger partial charge in [0.15, 0.2) is 5.75 Å². The van der Waals surface area contributed by atoms with Gasteiger partial charge in [0.25, 0.3) is 15.9 Å². The van der Waals surface area contributed by atoms with Crippen molar-refractivity contribution in [1.29, 1.82) is 0 Å². The number of nitrogens with one attached hydrogen (secondary N) is 1. The third-order valence-electron chi connectivity index (χ3n) is 7.79. The predicted octanol–water partition coefficient (Wildman–Crippen LogP) is 4.95. The lowest BCUT2D eigenvalue weighted by atomic mass is 10.00. The molecule has 1 aliphatic carbocycles. The van der Waals surface area contributed by atoms with E-state index in [1.165, 1.54) is 12.1 Å². The van der Waals surface area contributed by atoms with Gasteiger partial charge in [0.2, 0.25) is 11.8 Å². The maximum Gasteiger partial charge on any atom is 0.264 e. The maximum atomic E-state index is 14.2. The molecule has 11 nitrogen and oxygen atoms in total. The summed E-state index contributed by atoms with van der Waals surface area (Å²) < 4.78 is 41.4. The van der Waals surface area contributed by atoms with Gasteiger partial charge in [-0.3, -0.25) is 4.79 Å². The number of aryl methyl sites for hydroxylation is 2. The van der Waals surface area contributed by atoms with Gasteiger partial charge in [-0.15, -0.1) is 0 Å². The van der Waals surface area contributed by atoms with Crippen molar-refractivity contribution < 1.29 is 22.7 Å². The summed E-state index contributed by atoms with van der Waals surface area (Å²) in [6.45, 7) is 6.54. The van der Waals surface area contributed by atoms with Crippen LogP contribution in [0.1, 0.15) is 53.5 Å². The second kappa shape index (κ2) is 12.2. The average molecular weight is 615 g/mol. The van der Waals surface area contributed by atoms with Gasteiger partial charge < -0.3 is 14.4 Å². The Morgan fingerprint density at radius 2 is 1.75 bits per heavy atom. The first-order valence-electron chi connectivity index (χ1n) is 14.7. The van der Waals surface area contributed by atoms with Crippen molar-refractivity contribution in [2.24, 2.45) is 5.92 Å². The van der Waals surface area contributed by atoms with E-state index >= 15 is 0 Å². The lowest BCUT2D eigenvalue weighted by molar-refractivity contribution is 0.0557. The molecule has 4 aromatic rings. The van der Waals surface area contributed by atoms with Crippen molar-refractivity contribution >= 4 is 21.9 Å². The highest BCUT2D eigenvalue weighted by molar-refractivity contribution is 7.92. The van der Waals surface area contributed by atoms with Gasteiger partial charge >= 0.3 is 0 Å². The normalized spacial score (nSPS) is 17.8. The minimum Gasteiger partial charge on any atom is -0.491 e. The molecule has 1 N–H and O–H groups in total. The van der Waals surface area contributed by atoms with Crippen molar-refractivity contribution in [3.63, 3.8) is 0 Å². The average Bonchev–Trinajstić information content (AvgIpc) is 3.82. The molecule has 1 fully saturated rings. The van der Waals surface area contributed by atoms with Crippen molar-refractivity contribution in [2.45, 2.75) is 57.5 Å². The Kier molecular flexibility index (Phi) is 8.17. The number of aromatic nitrogens is 4. The summed E-state index contributed by atoms with van der Waals surface area (Å²) in [4.78, 5) is 33.6. The monoisotopic (exact) mass is 614 g/mol. The SMILES string of the molecule is CCOc1cnc(CN2C(=O)c3cccc(c3)S(=O)(=O)Nc3nc(cc(-c4c(C)cccc4C)n3)OC[C@H]2CC2CC2)nc1. The fourth-order valence-corrected chi connectivity index (χ4v) is 6.41. The first kappa shape index (κ1) is 29.5. The highest BCUT2D eigenvalue weighted by Crippen LogP contribution is 2.36. The van der Waals surface area contributed by atoms with Crippen LogP contribution in [0.4, 0.5) is 5.95 Å². The van der Waals surface area contributed by atoms with E-state index in [0.717, 1.165) is 29.5 Å². The van der Waals surface area contributed by atoms with Gasteiger partial charge in [0.05, 0.1) is 42.2 Å². The number of hydrogen-bond acceptors (Lipinski definition) is 9. The summed E-state index contributed by atoms with van der Waals surface area (Å²) in [6.07, 6.45) is 6.02. The lowest BCUT2D eigenvalue weighted by Gasteiger charge is -2.31. The van der Waals surface area contributed by atoms with E-state index in [0.29, 0.717) is 36.2 Å². The molecule has 6 rings (SSSR count). The highest BCUT2D eigenvalue weighted by Gasteiger charge is 2.34. The van der Waals surface area contributed by atoms with Crippen molar-refractivity contribution in [2.75, 3.05) is 17.9 Å². The van der Waals surface area contributed by atoms with Crippen LogP contribution in [0.15, 0.2) is 65.8 Å². The molecule has 1 aliphatic heterocycles. The Balaban J connectivity index is 1.45. The lowest BCUT2D eigenvalue weighted by Crippen LogP contribution is -2.44. The van der Waals surface area contributed by atoms with E-state index in [4.69, 9.17) is 9.47 Å². The maximum absolute atomic E-state index is 14.2. The third-order valence-corrected chi connectivity index (χ3v) is 9.11. The van der Waals surface area contributed by atoms with Crippen LogP contribution in [0.2, 0.25) is 0 Å². The molecule has 0 saturated heterocycles. The molecule has 1 atom stereocenters. The molecule has 228 valence electrons. The summed E-state index contributed by atoms with van der Waals surface area (Å²) in [5.74, 6) is 1.16. The standard InChI is InChI=1S/C32H34N6O5S/c1-4-42-25-16-33-28(34-17-25)18-38-24(13-22-11-12-22)19-43-29-15-27(30-20(2)7-5-8-21(30)3)35-32(36-29)37-44(40,41)26-10-6-9-23(14-26)31(38)39/h5-10,14-17,22,24H,4,11-13,18-19H2,1-3H3,(H,35,36,37)/t24-/m1/s1. The van der Waals surface area contributed by atoms with E-state index in [9.17, 15) is 13.2 Å². The Morgan fingerprint density at radius 3 is 2.45 bits per heavy atom. The molecule has 2 aliphatic rings. The van der Waals surface area contributed by atoms with E-state index in [1.54, 1.807) is 35.5 Å². The molecule has 2 aromatic heterocycles. The fourth-order valence-electron chi connectivity index (χ4n) is 5.42. The summed E-state index contributed by atoms with van der Waals surface area (Å²) in [5.41, 5.74) is 3.58. The first-order chi connectivity index (χ1) is 21.2. The minimum atomic E-state index is -4.15. The number of amides is 1. The van der Waals surface area contributed by atoms with Crippen LogP contribution < -0.4 is 14.2 Å². The summed E-state index contributed by atoms with van der Waals surface area (Å²) in [6, 6.07) is 13.2. The summed E-state index contributed by atoms with van der Waals surface area (Å²) in [7, 11) is -4.15. The zero-order chi connectivity index (χ0) is 30.8. The van der Waals surface area contributed by atoms with Crippen LogP contribution in [0.5, 0.6) is 11.6 Å². The van der Waals surface area contributed by atoms with E-state index < -0.39 is 10.0 Å². The van der Waals surface area contributed by atoms with Gasteiger partial charge in [-0.25, -0.2) is 28.1 Å². The molecule has 44 heavy (non-hydrogen) atoms. The molecule has 1 amide bonds. The minimum absolute atomic E-state index is 0.0813. The number of carbonyl (C=O) groups is 1. The zero-order valence-electron chi connectivity index (χ0n) is 24.9. The number of carbonyl (C=O) groups excluding carboxylic acids is 1.